The summed E-state index contributed by atoms with van der Waals surface area (Å²) in [4.78, 5) is 16.2. The number of aromatic nitrogens is 3. The molecule has 2 amide bonds. The fourth-order valence-corrected chi connectivity index (χ4v) is 2.31. The van der Waals surface area contributed by atoms with Crippen LogP contribution in [-0.4, -0.2) is 21.2 Å². The Morgan fingerprint density at radius 1 is 1.24 bits per heavy atom. The predicted octanol–water partition coefficient (Wildman–Crippen LogP) is 2.45. The van der Waals surface area contributed by atoms with E-state index in [1.807, 2.05) is 19.1 Å². The molecule has 0 bridgehead atoms. The van der Waals surface area contributed by atoms with Crippen LogP contribution >= 0.6 is 0 Å². The van der Waals surface area contributed by atoms with Gasteiger partial charge in [-0.25, -0.2) is 4.79 Å². The van der Waals surface area contributed by atoms with Crippen molar-refractivity contribution in [2.24, 2.45) is 5.92 Å². The van der Waals surface area contributed by atoms with E-state index >= 15 is 0 Å². The second-order valence-electron chi connectivity index (χ2n) is 5.22. The highest BCUT2D eigenvalue weighted by Crippen LogP contribution is 2.40. The van der Waals surface area contributed by atoms with E-state index < -0.39 is 0 Å². The van der Waals surface area contributed by atoms with E-state index in [4.69, 9.17) is 0 Å². The minimum absolute atomic E-state index is 0.0307. The van der Waals surface area contributed by atoms with Crippen LogP contribution in [-0.2, 0) is 0 Å². The molecule has 0 aliphatic heterocycles. The number of pyridine rings is 1. The van der Waals surface area contributed by atoms with Gasteiger partial charge in [-0.3, -0.25) is 4.98 Å². The lowest BCUT2D eigenvalue weighted by atomic mass is 10.0. The van der Waals surface area contributed by atoms with Gasteiger partial charge < -0.3 is 10.6 Å². The van der Waals surface area contributed by atoms with Crippen molar-refractivity contribution in [2.75, 3.05) is 5.32 Å². The van der Waals surface area contributed by atoms with Crippen LogP contribution in [0, 0.1) is 12.8 Å². The van der Waals surface area contributed by atoms with Crippen molar-refractivity contribution < 1.29 is 4.79 Å². The topological polar surface area (TPSA) is 79.8 Å². The first-order chi connectivity index (χ1) is 10.2. The number of carbonyl (C=O) groups excluding carboxylic acids is 1. The molecule has 0 aromatic carbocycles. The number of amides is 2. The van der Waals surface area contributed by atoms with Crippen molar-refractivity contribution in [3.8, 4) is 0 Å². The Morgan fingerprint density at radius 2 is 2.00 bits per heavy atom. The minimum Gasteiger partial charge on any atom is -0.331 e. The van der Waals surface area contributed by atoms with E-state index in [9.17, 15) is 4.79 Å². The molecule has 21 heavy (non-hydrogen) atoms. The van der Waals surface area contributed by atoms with Gasteiger partial charge in [0.05, 0.1) is 23.6 Å². The third-order valence-electron chi connectivity index (χ3n) is 3.60. The molecular formula is C15H17N5O. The summed E-state index contributed by atoms with van der Waals surface area (Å²) >= 11 is 0. The summed E-state index contributed by atoms with van der Waals surface area (Å²) < 4.78 is 0. The maximum Gasteiger partial charge on any atom is 0.319 e. The predicted molar refractivity (Wildman–Crippen MR) is 78.6 cm³/mol. The first kappa shape index (κ1) is 13.5. The molecule has 1 fully saturated rings. The quantitative estimate of drug-likeness (QED) is 0.903. The third-order valence-corrected chi connectivity index (χ3v) is 3.60. The number of hydrogen-bond donors (Lipinski definition) is 2. The molecule has 2 N–H and O–H groups in total. The maximum atomic E-state index is 12.2. The lowest BCUT2D eigenvalue weighted by Crippen LogP contribution is -2.34. The summed E-state index contributed by atoms with van der Waals surface area (Å²) in [6.45, 7) is 1.81. The molecule has 1 atom stereocenters. The molecule has 6 nitrogen and oxygen atoms in total. The molecule has 3 rings (SSSR count). The number of urea groups is 1. The van der Waals surface area contributed by atoms with Crippen LogP contribution in [0.2, 0.25) is 0 Å². The molecule has 2 aromatic heterocycles. The van der Waals surface area contributed by atoms with Gasteiger partial charge in [-0.05, 0) is 49.4 Å². The highest BCUT2D eigenvalue weighted by Gasteiger charge is 2.33. The van der Waals surface area contributed by atoms with E-state index in [0.29, 0.717) is 17.3 Å². The van der Waals surface area contributed by atoms with Gasteiger partial charge in [-0.2, -0.15) is 10.2 Å². The second kappa shape index (κ2) is 5.87. The van der Waals surface area contributed by atoms with Crippen LogP contribution in [0.15, 0.2) is 36.8 Å². The Kier molecular flexibility index (Phi) is 3.77. The highest BCUT2D eigenvalue weighted by molar-refractivity contribution is 5.90. The van der Waals surface area contributed by atoms with Crippen molar-refractivity contribution in [2.45, 2.75) is 25.8 Å². The highest BCUT2D eigenvalue weighted by atomic mass is 16.2. The number of aryl methyl sites for hydroxylation is 1. The number of rotatable bonds is 4. The lowest BCUT2D eigenvalue weighted by molar-refractivity contribution is 0.247. The summed E-state index contributed by atoms with van der Waals surface area (Å²) in [6.07, 6.45) is 7.35. The molecule has 1 aliphatic carbocycles. The average molecular weight is 283 g/mol. The summed E-state index contributed by atoms with van der Waals surface area (Å²) in [7, 11) is 0. The van der Waals surface area contributed by atoms with Crippen molar-refractivity contribution in [1.29, 1.82) is 0 Å². The molecule has 1 aliphatic rings. The summed E-state index contributed by atoms with van der Waals surface area (Å²) in [5.74, 6) is 0.509. The van der Waals surface area contributed by atoms with Crippen molar-refractivity contribution >= 4 is 11.7 Å². The van der Waals surface area contributed by atoms with Crippen molar-refractivity contribution in [1.82, 2.24) is 20.5 Å². The second-order valence-corrected chi connectivity index (χ2v) is 5.22. The van der Waals surface area contributed by atoms with Crippen LogP contribution in [0.25, 0.3) is 0 Å². The fraction of sp³-hybridized carbons (Fsp3) is 0.333. The number of carbonyl (C=O) groups is 1. The molecule has 6 heteroatoms. The maximum absolute atomic E-state index is 12.2. The van der Waals surface area contributed by atoms with E-state index in [1.165, 1.54) is 0 Å². The normalized spacial score (nSPS) is 15.3. The summed E-state index contributed by atoms with van der Waals surface area (Å²) in [6, 6.07) is 5.44. The van der Waals surface area contributed by atoms with Crippen molar-refractivity contribution in [3.05, 3.63) is 48.0 Å². The van der Waals surface area contributed by atoms with Crippen molar-refractivity contribution in [3.63, 3.8) is 0 Å². The van der Waals surface area contributed by atoms with Crippen LogP contribution in [0.5, 0.6) is 0 Å². The number of nitrogens with zero attached hydrogens (tertiary/aromatic N) is 3. The Labute approximate surface area is 123 Å². The molecule has 2 heterocycles. The van der Waals surface area contributed by atoms with Gasteiger partial charge in [0.15, 0.2) is 0 Å². The van der Waals surface area contributed by atoms with Gasteiger partial charge in [0.2, 0.25) is 0 Å². The molecule has 108 valence electrons. The average Bonchev–Trinajstić information content (AvgIpc) is 3.33. The zero-order valence-electron chi connectivity index (χ0n) is 11.8. The molecule has 2 aromatic rings. The smallest absolute Gasteiger partial charge is 0.319 e. The van der Waals surface area contributed by atoms with Gasteiger partial charge >= 0.3 is 6.03 Å². The number of nitrogens with one attached hydrogen (secondary N) is 2. The van der Waals surface area contributed by atoms with E-state index in [2.05, 4.69) is 25.8 Å². The van der Waals surface area contributed by atoms with Gasteiger partial charge in [-0.1, -0.05) is 0 Å². The van der Waals surface area contributed by atoms with Gasteiger partial charge in [0.1, 0.15) is 0 Å². The number of hydrogen-bond acceptors (Lipinski definition) is 4. The summed E-state index contributed by atoms with van der Waals surface area (Å²) in [5, 5.41) is 13.6. The Morgan fingerprint density at radius 3 is 2.67 bits per heavy atom. The zero-order valence-corrected chi connectivity index (χ0v) is 11.8. The molecular weight excluding hydrogens is 266 g/mol. The molecule has 0 radical (unpaired) electrons. The standard InChI is InChI=1S/C15H17N5O/c1-10-13(6-9-17-20-10)18-15(21)19-14(11-2-3-11)12-4-7-16-8-5-12/h4-9,11,14H,2-3H2,1H3,(H2,17,18,19,21)/t14-/m0/s1. The largest absolute Gasteiger partial charge is 0.331 e. The number of anilines is 1. The lowest BCUT2D eigenvalue weighted by Gasteiger charge is -2.19. The summed E-state index contributed by atoms with van der Waals surface area (Å²) in [5.41, 5.74) is 2.46. The van der Waals surface area contributed by atoms with Gasteiger partial charge in [-0.15, -0.1) is 0 Å². The third kappa shape index (κ3) is 3.34. The van der Waals surface area contributed by atoms with Crippen LogP contribution in [0.1, 0.15) is 30.1 Å². The van der Waals surface area contributed by atoms with E-state index in [1.54, 1.807) is 24.7 Å². The SMILES string of the molecule is Cc1nnccc1NC(=O)N[C@H](c1ccncc1)C1CC1. The van der Waals surface area contributed by atoms with Crippen LogP contribution in [0.3, 0.4) is 0 Å². The Hall–Kier alpha value is -2.50. The van der Waals surface area contributed by atoms with E-state index in [-0.39, 0.29) is 12.1 Å². The van der Waals surface area contributed by atoms with Gasteiger partial charge in [0.25, 0.3) is 0 Å². The zero-order chi connectivity index (χ0) is 14.7. The first-order valence-electron chi connectivity index (χ1n) is 7.00. The van der Waals surface area contributed by atoms with Crippen LogP contribution < -0.4 is 10.6 Å². The molecule has 0 unspecified atom stereocenters. The van der Waals surface area contributed by atoms with Crippen LogP contribution in [0.4, 0.5) is 10.5 Å². The van der Waals surface area contributed by atoms with Gasteiger partial charge in [0, 0.05) is 12.4 Å². The first-order valence-corrected chi connectivity index (χ1v) is 7.00. The fourth-order valence-electron chi connectivity index (χ4n) is 2.31. The van der Waals surface area contributed by atoms with E-state index in [0.717, 1.165) is 18.4 Å². The monoisotopic (exact) mass is 283 g/mol. The molecule has 1 saturated carbocycles. The Bertz CT molecular complexity index is 627. The molecule has 0 saturated heterocycles. The minimum atomic E-state index is -0.222. The molecule has 0 spiro atoms. The Balaban J connectivity index is 1.69.